The summed E-state index contributed by atoms with van der Waals surface area (Å²) in [4.78, 5) is 43.9. The van der Waals surface area contributed by atoms with Crippen LogP contribution < -0.4 is 10.1 Å². The first-order chi connectivity index (χ1) is 23.9. The number of imidazole rings is 1. The number of non-ortho nitro benzene ring substituents is 1. The molecule has 50 heavy (non-hydrogen) atoms. The second-order valence-electron chi connectivity index (χ2n) is 12.1. The highest BCUT2D eigenvalue weighted by Crippen LogP contribution is 2.25. The average molecular weight is 688 g/mol. The molecule has 0 unspecified atom stereocenters. The van der Waals surface area contributed by atoms with Gasteiger partial charge in [0.1, 0.15) is 5.75 Å². The van der Waals surface area contributed by atoms with E-state index in [0.717, 1.165) is 34.0 Å². The number of rotatable bonds is 14. The molecule has 1 aromatic heterocycles. The first kappa shape index (κ1) is 35.6. The monoisotopic (exact) mass is 687 g/mol. The molecule has 2 atom stereocenters. The van der Waals surface area contributed by atoms with Gasteiger partial charge in [0.25, 0.3) is 11.6 Å². The van der Waals surface area contributed by atoms with Gasteiger partial charge in [0, 0.05) is 55.3 Å². The summed E-state index contributed by atoms with van der Waals surface area (Å²) < 4.78 is 44.1. The van der Waals surface area contributed by atoms with E-state index in [2.05, 4.69) is 15.0 Å². The molecular formula is C37H36F3N5O5. The van der Waals surface area contributed by atoms with Gasteiger partial charge in [0.05, 0.1) is 17.7 Å². The van der Waals surface area contributed by atoms with Crippen LogP contribution in [0.15, 0.2) is 104 Å². The first-order valence-electron chi connectivity index (χ1n) is 16.0. The van der Waals surface area contributed by atoms with Crippen molar-refractivity contribution in [1.29, 1.82) is 0 Å². The zero-order chi connectivity index (χ0) is 35.8. The Morgan fingerprint density at radius 3 is 2.38 bits per heavy atom. The largest absolute Gasteiger partial charge is 0.573 e. The lowest BCUT2D eigenvalue weighted by Gasteiger charge is -2.32. The summed E-state index contributed by atoms with van der Waals surface area (Å²) in [6.07, 6.45) is -0.992. The molecule has 5 rings (SSSR count). The average Bonchev–Trinajstić information content (AvgIpc) is 3.52. The van der Waals surface area contributed by atoms with Crippen LogP contribution in [0.3, 0.4) is 0 Å². The standard InChI is InChI=1S/C37H36F3N5O5/c1-3-25(2)34(42-35(46)19-31-20-41-24-44(31)21-26-11-15-30(16-12-26)45(48)49)23-43(22-29-9-6-8-27-7-4-5-10-33(27)29)36(47)28-13-17-32(18-14-28)50-37(38,39)40/h4-18,20,24-25,34H,3,19,21-23H2,1-2H3,(H,42,46)/t25-,34+/m0/s1. The predicted octanol–water partition coefficient (Wildman–Crippen LogP) is 7.31. The molecule has 10 nitrogen and oxygen atoms in total. The molecule has 0 saturated carbocycles. The highest BCUT2D eigenvalue weighted by molar-refractivity contribution is 5.95. The van der Waals surface area contributed by atoms with E-state index in [4.69, 9.17) is 0 Å². The molecule has 4 aromatic carbocycles. The minimum absolute atomic E-state index is 0.00213. The maximum atomic E-state index is 14.0. The molecular weight excluding hydrogens is 651 g/mol. The minimum atomic E-state index is -4.87. The van der Waals surface area contributed by atoms with Crippen LogP contribution in [-0.2, 0) is 24.3 Å². The smallest absolute Gasteiger partial charge is 0.406 e. The fraction of sp³-hybridized carbons (Fsp3) is 0.270. The molecule has 0 aliphatic carbocycles. The molecule has 0 aliphatic heterocycles. The van der Waals surface area contributed by atoms with Gasteiger partial charge in [-0.15, -0.1) is 13.2 Å². The van der Waals surface area contributed by atoms with Crippen LogP contribution in [-0.4, -0.2) is 50.1 Å². The summed E-state index contributed by atoms with van der Waals surface area (Å²) in [6, 6.07) is 24.0. The van der Waals surface area contributed by atoms with Gasteiger partial charge in [-0.05, 0) is 52.1 Å². The topological polar surface area (TPSA) is 120 Å². The fourth-order valence-corrected chi connectivity index (χ4v) is 5.71. The number of nitrogens with one attached hydrogen (secondary N) is 1. The Bertz CT molecular complexity index is 1940. The summed E-state index contributed by atoms with van der Waals surface area (Å²) in [6.45, 7) is 4.64. The highest BCUT2D eigenvalue weighted by Gasteiger charge is 2.31. The van der Waals surface area contributed by atoms with Crippen LogP contribution in [0, 0.1) is 16.0 Å². The molecule has 13 heteroatoms. The Kier molecular flexibility index (Phi) is 11.1. The van der Waals surface area contributed by atoms with E-state index < -0.39 is 29.0 Å². The van der Waals surface area contributed by atoms with Gasteiger partial charge in [-0.3, -0.25) is 19.7 Å². The lowest BCUT2D eigenvalue weighted by Crippen LogP contribution is -2.49. The number of nitro groups is 1. The SMILES string of the molecule is CC[C@H](C)[C@@H](CN(Cc1cccc2ccccc12)C(=O)c1ccc(OC(F)(F)F)cc1)NC(=O)Cc1cncn1Cc1ccc([N+](=O)[O-])cc1. The van der Waals surface area contributed by atoms with Crippen molar-refractivity contribution in [1.82, 2.24) is 19.8 Å². The van der Waals surface area contributed by atoms with Crippen molar-refractivity contribution in [2.75, 3.05) is 6.54 Å². The molecule has 0 radical (unpaired) electrons. The third-order valence-electron chi connectivity index (χ3n) is 8.60. The van der Waals surface area contributed by atoms with E-state index >= 15 is 0 Å². The lowest BCUT2D eigenvalue weighted by atomic mass is 9.97. The quantitative estimate of drug-likeness (QED) is 0.0966. The number of carbonyl (C=O) groups is 2. The Morgan fingerprint density at radius 1 is 1.00 bits per heavy atom. The third-order valence-corrected chi connectivity index (χ3v) is 8.60. The van der Waals surface area contributed by atoms with Gasteiger partial charge in [-0.1, -0.05) is 74.9 Å². The molecule has 0 aliphatic rings. The van der Waals surface area contributed by atoms with Gasteiger partial charge in [0.15, 0.2) is 0 Å². The number of ether oxygens (including phenoxy) is 1. The van der Waals surface area contributed by atoms with E-state index in [1.807, 2.05) is 56.3 Å². The number of fused-ring (bicyclic) bond motifs is 1. The number of amides is 2. The summed E-state index contributed by atoms with van der Waals surface area (Å²) in [5.74, 6) is -1.19. The van der Waals surface area contributed by atoms with E-state index in [1.165, 1.54) is 24.3 Å². The Hall–Kier alpha value is -5.72. The van der Waals surface area contributed by atoms with Crippen molar-refractivity contribution >= 4 is 28.3 Å². The van der Waals surface area contributed by atoms with Gasteiger partial charge in [-0.2, -0.15) is 0 Å². The Morgan fingerprint density at radius 2 is 1.70 bits per heavy atom. The van der Waals surface area contributed by atoms with E-state index in [0.29, 0.717) is 18.7 Å². The van der Waals surface area contributed by atoms with Gasteiger partial charge < -0.3 is 19.5 Å². The number of nitro benzene ring substituents is 1. The number of nitrogens with zero attached hydrogens (tertiary/aromatic N) is 4. The molecule has 1 N–H and O–H groups in total. The van der Waals surface area contributed by atoms with E-state index in [1.54, 1.807) is 34.1 Å². The predicted molar refractivity (Wildman–Crippen MR) is 181 cm³/mol. The normalized spacial score (nSPS) is 12.7. The maximum absolute atomic E-state index is 14.0. The number of aromatic nitrogens is 2. The van der Waals surface area contributed by atoms with Crippen LogP contribution in [0.1, 0.15) is 47.4 Å². The van der Waals surface area contributed by atoms with E-state index in [-0.39, 0.29) is 42.6 Å². The van der Waals surface area contributed by atoms with Gasteiger partial charge >= 0.3 is 6.36 Å². The van der Waals surface area contributed by atoms with Crippen molar-refractivity contribution in [2.45, 2.75) is 52.2 Å². The van der Waals surface area contributed by atoms with Crippen LogP contribution in [0.4, 0.5) is 18.9 Å². The summed E-state index contributed by atoms with van der Waals surface area (Å²) in [5.41, 5.74) is 2.46. The zero-order valence-electron chi connectivity index (χ0n) is 27.5. The zero-order valence-corrected chi connectivity index (χ0v) is 27.5. The van der Waals surface area contributed by atoms with Crippen molar-refractivity contribution in [2.24, 2.45) is 5.92 Å². The van der Waals surface area contributed by atoms with Gasteiger partial charge in [-0.25, -0.2) is 4.98 Å². The van der Waals surface area contributed by atoms with Crippen LogP contribution in [0.2, 0.25) is 0 Å². The highest BCUT2D eigenvalue weighted by atomic mass is 19.4. The summed E-state index contributed by atoms with van der Waals surface area (Å²) in [5, 5.41) is 16.1. The molecule has 260 valence electrons. The number of hydrogen-bond acceptors (Lipinski definition) is 6. The molecule has 0 bridgehead atoms. The van der Waals surface area contributed by atoms with Crippen molar-refractivity contribution in [3.63, 3.8) is 0 Å². The molecule has 0 saturated heterocycles. The second kappa shape index (κ2) is 15.7. The fourth-order valence-electron chi connectivity index (χ4n) is 5.71. The van der Waals surface area contributed by atoms with Crippen molar-refractivity contribution < 1.29 is 32.4 Å². The summed E-state index contributed by atoms with van der Waals surface area (Å²) in [7, 11) is 0. The number of alkyl halides is 3. The maximum Gasteiger partial charge on any atom is 0.573 e. The summed E-state index contributed by atoms with van der Waals surface area (Å²) >= 11 is 0. The third kappa shape index (κ3) is 9.24. The second-order valence-corrected chi connectivity index (χ2v) is 12.1. The lowest BCUT2D eigenvalue weighted by molar-refractivity contribution is -0.384. The number of benzene rings is 4. The van der Waals surface area contributed by atoms with Gasteiger partial charge in [0.2, 0.25) is 5.91 Å². The first-order valence-corrected chi connectivity index (χ1v) is 16.0. The molecule has 5 aromatic rings. The molecule has 1 heterocycles. The van der Waals surface area contributed by atoms with Crippen LogP contribution in [0.25, 0.3) is 10.8 Å². The van der Waals surface area contributed by atoms with Crippen LogP contribution >= 0.6 is 0 Å². The number of halogens is 3. The Balaban J connectivity index is 1.37. The molecule has 0 fully saturated rings. The van der Waals surface area contributed by atoms with Crippen molar-refractivity contribution in [3.05, 3.63) is 136 Å². The van der Waals surface area contributed by atoms with Crippen LogP contribution in [0.5, 0.6) is 5.75 Å². The molecule has 2 amide bonds. The Labute approximate surface area is 286 Å². The number of hydrogen-bond donors (Lipinski definition) is 1. The molecule has 0 spiro atoms. The minimum Gasteiger partial charge on any atom is -0.406 e. The number of carbonyl (C=O) groups excluding carboxylic acids is 2. The van der Waals surface area contributed by atoms with E-state index in [9.17, 15) is 32.9 Å². The van der Waals surface area contributed by atoms with Crippen molar-refractivity contribution in [3.8, 4) is 5.75 Å².